The average molecular weight is 400 g/mol. The van der Waals surface area contributed by atoms with Crippen molar-refractivity contribution in [1.29, 1.82) is 0 Å². The van der Waals surface area contributed by atoms with Crippen LogP contribution < -0.4 is 16.0 Å². The molecule has 2 amide bonds. The minimum Gasteiger partial charge on any atom is -0.381 e. The van der Waals surface area contributed by atoms with E-state index in [0.29, 0.717) is 31.7 Å². The van der Waals surface area contributed by atoms with Gasteiger partial charge in [-0.05, 0) is 49.3 Å². The van der Waals surface area contributed by atoms with Crippen molar-refractivity contribution in [3.63, 3.8) is 0 Å². The largest absolute Gasteiger partial charge is 0.381 e. The molecule has 1 saturated heterocycles. The third kappa shape index (κ3) is 3.80. The number of nitrogens with one attached hydrogen (secondary N) is 1. The van der Waals surface area contributed by atoms with E-state index in [4.69, 9.17) is 10.5 Å². The average Bonchev–Trinajstić information content (AvgIpc) is 2.90. The number of likely N-dealkylation sites (N-methyl/N-ethyl adjacent to an activating group) is 1. The highest BCUT2D eigenvalue weighted by molar-refractivity contribution is 6.08. The Bertz CT molecular complexity index is 765. The lowest BCUT2D eigenvalue weighted by Gasteiger charge is -2.32. The smallest absolute Gasteiger partial charge is 0.241 e. The fourth-order valence-electron chi connectivity index (χ4n) is 5.33. The Morgan fingerprint density at radius 2 is 1.83 bits per heavy atom. The third-order valence-electron chi connectivity index (χ3n) is 7.16. The number of benzene rings is 1. The van der Waals surface area contributed by atoms with Crippen molar-refractivity contribution in [1.82, 2.24) is 0 Å². The van der Waals surface area contributed by atoms with Crippen molar-refractivity contribution < 1.29 is 14.3 Å². The van der Waals surface area contributed by atoms with Crippen molar-refractivity contribution in [3.8, 4) is 0 Å². The number of amides is 2. The van der Waals surface area contributed by atoms with Crippen LogP contribution >= 0.6 is 0 Å². The van der Waals surface area contributed by atoms with Gasteiger partial charge in [0.1, 0.15) is 0 Å². The van der Waals surface area contributed by atoms with Crippen LogP contribution in [-0.4, -0.2) is 38.1 Å². The number of anilines is 2. The number of ether oxygens (including phenoxy) is 1. The first-order valence-electron chi connectivity index (χ1n) is 11.1. The Balaban J connectivity index is 1.49. The van der Waals surface area contributed by atoms with E-state index in [-0.39, 0.29) is 17.7 Å². The Hall–Kier alpha value is -1.92. The number of hydrogen-bond donors (Lipinski definition) is 2. The number of fused-ring (bicyclic) bond motifs is 2. The van der Waals surface area contributed by atoms with Crippen LogP contribution in [0.3, 0.4) is 0 Å². The molecule has 6 heteroatoms. The highest BCUT2D eigenvalue weighted by atomic mass is 16.5. The summed E-state index contributed by atoms with van der Waals surface area (Å²) in [5, 5.41) is 3.00. The van der Waals surface area contributed by atoms with E-state index in [9.17, 15) is 9.59 Å². The standard InChI is InChI=1S/C23H33N3O3/c1-26-19-15-17(9-10-18(19)23(22(26)28)11-13-29-14-12-23)25-21(27)20(24)16-7-5-3-2-4-6-8-16/h9-10,15-16,20H,2-8,11-14,24H2,1H3,(H,25,27). The Morgan fingerprint density at radius 3 is 2.52 bits per heavy atom. The predicted molar refractivity (Wildman–Crippen MR) is 114 cm³/mol. The molecule has 1 aromatic carbocycles. The number of carbonyl (C=O) groups is 2. The Kier molecular flexibility index (Phi) is 5.93. The summed E-state index contributed by atoms with van der Waals surface area (Å²) in [5.74, 6) is 0.258. The molecule has 1 spiro atoms. The van der Waals surface area contributed by atoms with Crippen LogP contribution in [0.2, 0.25) is 0 Å². The van der Waals surface area contributed by atoms with Crippen LogP contribution in [0.5, 0.6) is 0 Å². The van der Waals surface area contributed by atoms with Gasteiger partial charge < -0.3 is 20.7 Å². The van der Waals surface area contributed by atoms with E-state index >= 15 is 0 Å². The fourth-order valence-corrected chi connectivity index (χ4v) is 5.33. The van der Waals surface area contributed by atoms with Gasteiger partial charge in [0.25, 0.3) is 0 Å². The van der Waals surface area contributed by atoms with Gasteiger partial charge >= 0.3 is 0 Å². The van der Waals surface area contributed by atoms with Gasteiger partial charge in [-0.25, -0.2) is 0 Å². The molecule has 158 valence electrons. The maximum absolute atomic E-state index is 13.0. The van der Waals surface area contributed by atoms with Gasteiger partial charge in [-0.2, -0.15) is 0 Å². The minimum absolute atomic E-state index is 0.122. The zero-order valence-electron chi connectivity index (χ0n) is 17.4. The number of nitrogens with two attached hydrogens (primary N) is 1. The van der Waals surface area contributed by atoms with Crippen molar-refractivity contribution >= 4 is 23.2 Å². The highest BCUT2D eigenvalue weighted by Gasteiger charge is 2.50. The molecule has 1 saturated carbocycles. The summed E-state index contributed by atoms with van der Waals surface area (Å²) in [4.78, 5) is 27.6. The van der Waals surface area contributed by atoms with Gasteiger partial charge in [0.05, 0.1) is 11.5 Å². The summed E-state index contributed by atoms with van der Waals surface area (Å²) in [6.07, 6.45) is 9.56. The van der Waals surface area contributed by atoms with Gasteiger partial charge in [0, 0.05) is 31.6 Å². The third-order valence-corrected chi connectivity index (χ3v) is 7.16. The number of nitrogens with zero attached hydrogens (tertiary/aromatic N) is 1. The molecule has 2 aliphatic heterocycles. The van der Waals surface area contributed by atoms with Crippen molar-refractivity contribution in [2.24, 2.45) is 11.7 Å². The molecule has 29 heavy (non-hydrogen) atoms. The molecule has 0 bridgehead atoms. The van der Waals surface area contributed by atoms with Crippen molar-refractivity contribution in [2.75, 3.05) is 30.5 Å². The van der Waals surface area contributed by atoms with Crippen LogP contribution in [0.1, 0.15) is 63.4 Å². The van der Waals surface area contributed by atoms with Crippen LogP contribution in [0.15, 0.2) is 18.2 Å². The first kappa shape index (κ1) is 20.4. The molecule has 2 fully saturated rings. The van der Waals surface area contributed by atoms with E-state index in [1.807, 2.05) is 25.2 Å². The van der Waals surface area contributed by atoms with Gasteiger partial charge in [-0.3, -0.25) is 9.59 Å². The van der Waals surface area contributed by atoms with Crippen molar-refractivity contribution in [3.05, 3.63) is 23.8 Å². The number of hydrogen-bond acceptors (Lipinski definition) is 4. The SMILES string of the molecule is CN1C(=O)C2(CCOCC2)c2ccc(NC(=O)C(N)C3CCCCCCC3)cc21. The lowest BCUT2D eigenvalue weighted by molar-refractivity contribution is -0.126. The second kappa shape index (κ2) is 8.44. The van der Waals surface area contributed by atoms with Gasteiger partial charge in [-0.15, -0.1) is 0 Å². The first-order valence-corrected chi connectivity index (χ1v) is 11.1. The second-order valence-electron chi connectivity index (χ2n) is 8.91. The summed E-state index contributed by atoms with van der Waals surface area (Å²) >= 11 is 0. The normalized spacial score (nSPS) is 23.4. The Morgan fingerprint density at radius 1 is 1.17 bits per heavy atom. The number of rotatable bonds is 3. The van der Waals surface area contributed by atoms with Gasteiger partial charge in [-0.1, -0.05) is 38.2 Å². The molecule has 1 unspecified atom stereocenters. The molecule has 3 N–H and O–H groups in total. The zero-order chi connectivity index (χ0) is 20.4. The molecule has 2 heterocycles. The molecule has 4 rings (SSSR count). The minimum atomic E-state index is -0.484. The molecule has 6 nitrogen and oxygen atoms in total. The number of carbonyl (C=O) groups excluding carboxylic acids is 2. The van der Waals surface area contributed by atoms with Gasteiger partial charge in [0.15, 0.2) is 0 Å². The molecule has 1 aromatic rings. The summed E-state index contributed by atoms with van der Waals surface area (Å²) in [6, 6.07) is 5.34. The van der Waals surface area contributed by atoms with Crippen LogP contribution in [-0.2, 0) is 19.7 Å². The lowest BCUT2D eigenvalue weighted by Crippen LogP contribution is -2.42. The summed E-state index contributed by atoms with van der Waals surface area (Å²) in [5.41, 5.74) is 8.51. The van der Waals surface area contributed by atoms with E-state index in [0.717, 1.165) is 36.9 Å². The molecule has 1 atom stereocenters. The summed E-state index contributed by atoms with van der Waals surface area (Å²) < 4.78 is 5.49. The molecular weight excluding hydrogens is 366 g/mol. The molecule has 0 radical (unpaired) electrons. The van der Waals surface area contributed by atoms with E-state index in [1.54, 1.807) is 4.90 Å². The topological polar surface area (TPSA) is 84.7 Å². The van der Waals surface area contributed by atoms with Crippen LogP contribution in [0, 0.1) is 5.92 Å². The quantitative estimate of drug-likeness (QED) is 0.816. The molecular formula is C23H33N3O3. The molecule has 3 aliphatic rings. The fraction of sp³-hybridized carbons (Fsp3) is 0.652. The molecule has 0 aromatic heterocycles. The van der Waals surface area contributed by atoms with Gasteiger partial charge in [0.2, 0.25) is 11.8 Å². The predicted octanol–water partition coefficient (Wildman–Crippen LogP) is 3.34. The zero-order valence-corrected chi connectivity index (χ0v) is 17.4. The molecule has 1 aliphatic carbocycles. The summed E-state index contributed by atoms with van der Waals surface area (Å²) in [6.45, 7) is 1.21. The maximum atomic E-state index is 13.0. The van der Waals surface area contributed by atoms with E-state index in [1.165, 1.54) is 19.3 Å². The maximum Gasteiger partial charge on any atom is 0.241 e. The van der Waals surface area contributed by atoms with Crippen LogP contribution in [0.25, 0.3) is 0 Å². The van der Waals surface area contributed by atoms with E-state index < -0.39 is 11.5 Å². The van der Waals surface area contributed by atoms with Crippen LogP contribution in [0.4, 0.5) is 11.4 Å². The highest BCUT2D eigenvalue weighted by Crippen LogP contribution is 2.47. The first-order chi connectivity index (χ1) is 14.0. The monoisotopic (exact) mass is 399 g/mol. The lowest BCUT2D eigenvalue weighted by atomic mass is 9.75. The second-order valence-corrected chi connectivity index (χ2v) is 8.91. The Labute approximate surface area is 173 Å². The van der Waals surface area contributed by atoms with Crippen molar-refractivity contribution in [2.45, 2.75) is 69.2 Å². The summed E-state index contributed by atoms with van der Waals surface area (Å²) in [7, 11) is 1.82. The van der Waals surface area contributed by atoms with E-state index in [2.05, 4.69) is 5.32 Å².